The van der Waals surface area contributed by atoms with Gasteiger partial charge in [0.05, 0.1) is 5.69 Å². The number of hydrogen-bond acceptors (Lipinski definition) is 3. The van der Waals surface area contributed by atoms with Gasteiger partial charge in [0.15, 0.2) is 10.4 Å². The summed E-state index contributed by atoms with van der Waals surface area (Å²) in [5, 5.41) is 6.65. The number of aromatic amines is 1. The van der Waals surface area contributed by atoms with Crippen LogP contribution in [0.4, 0.5) is 0 Å². The predicted molar refractivity (Wildman–Crippen MR) is 81.3 cm³/mol. The molecule has 19 heavy (non-hydrogen) atoms. The van der Waals surface area contributed by atoms with Gasteiger partial charge in [0.2, 0.25) is 0 Å². The Morgan fingerprint density at radius 3 is 3.00 bits per heavy atom. The zero-order chi connectivity index (χ0) is 13.4. The van der Waals surface area contributed by atoms with Gasteiger partial charge in [-0.15, -0.1) is 11.3 Å². The molecule has 0 saturated heterocycles. The second kappa shape index (κ2) is 4.94. The lowest BCUT2D eigenvalue weighted by atomic mass is 10.3. The molecule has 0 aliphatic heterocycles. The van der Waals surface area contributed by atoms with Crippen molar-refractivity contribution in [1.29, 1.82) is 0 Å². The van der Waals surface area contributed by atoms with E-state index in [9.17, 15) is 0 Å². The Kier molecular flexibility index (Phi) is 3.28. The Labute approximate surface area is 120 Å². The van der Waals surface area contributed by atoms with Crippen molar-refractivity contribution in [2.24, 2.45) is 0 Å². The van der Waals surface area contributed by atoms with Gasteiger partial charge in [-0.25, -0.2) is 4.68 Å². The number of aromatic nitrogens is 4. The highest BCUT2D eigenvalue weighted by molar-refractivity contribution is 7.71. The average molecular weight is 292 g/mol. The summed E-state index contributed by atoms with van der Waals surface area (Å²) in [5.41, 5.74) is 3.19. The number of thiophene rings is 1. The van der Waals surface area contributed by atoms with E-state index in [-0.39, 0.29) is 0 Å². The summed E-state index contributed by atoms with van der Waals surface area (Å²) in [6.07, 6.45) is 1.01. The van der Waals surface area contributed by atoms with Crippen LogP contribution in [0, 0.1) is 11.7 Å². The van der Waals surface area contributed by atoms with Gasteiger partial charge in [0.1, 0.15) is 5.52 Å². The van der Waals surface area contributed by atoms with Gasteiger partial charge in [0, 0.05) is 18.0 Å². The summed E-state index contributed by atoms with van der Waals surface area (Å²) >= 11 is 7.23. The van der Waals surface area contributed by atoms with Crippen molar-refractivity contribution in [1.82, 2.24) is 19.3 Å². The van der Waals surface area contributed by atoms with E-state index in [4.69, 9.17) is 12.2 Å². The Morgan fingerprint density at radius 2 is 2.32 bits per heavy atom. The summed E-state index contributed by atoms with van der Waals surface area (Å²) < 4.78 is 4.97. The number of H-pyrrole nitrogens is 1. The van der Waals surface area contributed by atoms with E-state index >= 15 is 0 Å². The molecule has 0 atom stereocenters. The number of rotatable bonds is 4. The molecular formula is C13H16N4S2. The number of aryl methyl sites for hydroxylation is 4. The molecule has 3 heterocycles. The first-order valence-electron chi connectivity index (χ1n) is 6.39. The van der Waals surface area contributed by atoms with E-state index in [2.05, 4.69) is 39.1 Å². The fourth-order valence-electron chi connectivity index (χ4n) is 2.37. The molecule has 1 N–H and O–H groups in total. The zero-order valence-electron chi connectivity index (χ0n) is 11.0. The summed E-state index contributed by atoms with van der Waals surface area (Å²) in [7, 11) is 0. The Bertz CT molecular complexity index is 746. The van der Waals surface area contributed by atoms with E-state index in [0.29, 0.717) is 0 Å². The average Bonchev–Trinajstić information content (AvgIpc) is 3.06. The first-order chi connectivity index (χ1) is 9.20. The summed E-state index contributed by atoms with van der Waals surface area (Å²) in [6, 6.07) is 4.26. The maximum atomic E-state index is 5.44. The van der Waals surface area contributed by atoms with Crippen LogP contribution in [0.3, 0.4) is 0 Å². The molecule has 6 heteroatoms. The molecule has 3 aromatic rings. The van der Waals surface area contributed by atoms with Crippen molar-refractivity contribution in [3.05, 3.63) is 32.9 Å². The second-order valence-corrected chi connectivity index (χ2v) is 5.93. The number of imidazole rings is 1. The largest absolute Gasteiger partial charge is 0.328 e. The van der Waals surface area contributed by atoms with Crippen LogP contribution in [0.25, 0.3) is 11.2 Å². The van der Waals surface area contributed by atoms with Gasteiger partial charge in [-0.2, -0.15) is 5.10 Å². The number of hydrogen-bond donors (Lipinski definition) is 1. The molecule has 0 fully saturated rings. The van der Waals surface area contributed by atoms with Crippen molar-refractivity contribution in [3.8, 4) is 0 Å². The third kappa shape index (κ3) is 2.15. The zero-order valence-corrected chi connectivity index (χ0v) is 12.6. The van der Waals surface area contributed by atoms with Crippen LogP contribution in [0.1, 0.15) is 17.5 Å². The van der Waals surface area contributed by atoms with Crippen LogP contribution in [0.2, 0.25) is 0 Å². The molecule has 0 unspecified atom stereocenters. The van der Waals surface area contributed by atoms with E-state index in [1.807, 2.05) is 11.6 Å². The Balaban J connectivity index is 2.02. The van der Waals surface area contributed by atoms with E-state index in [1.54, 1.807) is 11.3 Å². The monoisotopic (exact) mass is 292 g/mol. The Morgan fingerprint density at radius 1 is 1.47 bits per heavy atom. The lowest BCUT2D eigenvalue weighted by Gasteiger charge is -2.05. The topological polar surface area (TPSA) is 38.5 Å². The molecule has 0 aliphatic carbocycles. The SMILES string of the molecule is CCn1nc(C)c2[nH]c(=S)n(CCc3cccs3)c21. The molecule has 100 valence electrons. The third-order valence-electron chi connectivity index (χ3n) is 3.29. The van der Waals surface area contributed by atoms with Gasteiger partial charge in [-0.3, -0.25) is 0 Å². The molecule has 4 nitrogen and oxygen atoms in total. The van der Waals surface area contributed by atoms with Gasteiger partial charge < -0.3 is 9.55 Å². The quantitative estimate of drug-likeness (QED) is 0.747. The molecule has 0 aromatic carbocycles. The minimum atomic E-state index is 0.786. The van der Waals surface area contributed by atoms with Gasteiger partial charge in [-0.05, 0) is 43.9 Å². The molecule has 3 rings (SSSR count). The van der Waals surface area contributed by atoms with E-state index < -0.39 is 0 Å². The molecule has 0 bridgehead atoms. The van der Waals surface area contributed by atoms with Crippen molar-refractivity contribution in [3.63, 3.8) is 0 Å². The van der Waals surface area contributed by atoms with E-state index in [1.165, 1.54) is 4.88 Å². The molecule has 0 aliphatic rings. The van der Waals surface area contributed by atoms with Crippen molar-refractivity contribution in [2.45, 2.75) is 33.4 Å². The maximum absolute atomic E-state index is 5.44. The van der Waals surface area contributed by atoms with Crippen molar-refractivity contribution < 1.29 is 0 Å². The van der Waals surface area contributed by atoms with E-state index in [0.717, 1.165) is 41.1 Å². The van der Waals surface area contributed by atoms with Gasteiger partial charge in [-0.1, -0.05) is 6.07 Å². The standard InChI is InChI=1S/C13H16N4S2/c1-3-17-12-11(9(2)15-17)14-13(18)16(12)7-6-10-5-4-8-19-10/h4-5,8H,3,6-7H2,1-2H3,(H,14,18). The van der Waals surface area contributed by atoms with Crippen LogP contribution in [-0.4, -0.2) is 19.3 Å². The summed E-state index contributed by atoms with van der Waals surface area (Å²) in [6.45, 7) is 5.87. The smallest absolute Gasteiger partial charge is 0.179 e. The van der Waals surface area contributed by atoms with Crippen LogP contribution in [0.15, 0.2) is 17.5 Å². The highest BCUT2D eigenvalue weighted by Crippen LogP contribution is 2.19. The van der Waals surface area contributed by atoms with Crippen LogP contribution in [-0.2, 0) is 19.5 Å². The van der Waals surface area contributed by atoms with Crippen molar-refractivity contribution >= 4 is 34.7 Å². The predicted octanol–water partition coefficient (Wildman–Crippen LogP) is 3.53. The number of nitrogens with zero attached hydrogens (tertiary/aromatic N) is 3. The number of nitrogens with one attached hydrogen (secondary N) is 1. The lowest BCUT2D eigenvalue weighted by molar-refractivity contribution is 0.624. The van der Waals surface area contributed by atoms with Crippen LogP contribution in [0.5, 0.6) is 0 Å². The minimum Gasteiger partial charge on any atom is -0.328 e. The highest BCUT2D eigenvalue weighted by Gasteiger charge is 2.13. The van der Waals surface area contributed by atoms with Crippen LogP contribution < -0.4 is 0 Å². The normalized spacial score (nSPS) is 11.5. The van der Waals surface area contributed by atoms with Gasteiger partial charge in [0.25, 0.3) is 0 Å². The molecule has 0 amide bonds. The van der Waals surface area contributed by atoms with Crippen molar-refractivity contribution in [2.75, 3.05) is 0 Å². The van der Waals surface area contributed by atoms with Gasteiger partial charge >= 0.3 is 0 Å². The fourth-order valence-corrected chi connectivity index (χ4v) is 3.34. The summed E-state index contributed by atoms with van der Waals surface area (Å²) in [4.78, 5) is 4.66. The number of fused-ring (bicyclic) bond motifs is 1. The summed E-state index contributed by atoms with van der Waals surface area (Å²) in [5.74, 6) is 0. The lowest BCUT2D eigenvalue weighted by Crippen LogP contribution is -2.06. The first-order valence-corrected chi connectivity index (χ1v) is 7.67. The maximum Gasteiger partial charge on any atom is 0.179 e. The molecule has 0 radical (unpaired) electrons. The molecule has 0 spiro atoms. The third-order valence-corrected chi connectivity index (χ3v) is 4.55. The first kappa shape index (κ1) is 12.6. The second-order valence-electron chi connectivity index (χ2n) is 4.51. The van der Waals surface area contributed by atoms with Crippen LogP contribution >= 0.6 is 23.6 Å². The highest BCUT2D eigenvalue weighted by atomic mass is 32.1. The molecular weight excluding hydrogens is 276 g/mol. The molecule has 0 saturated carbocycles. The Hall–Kier alpha value is -1.40. The molecule has 3 aromatic heterocycles. The fraction of sp³-hybridized carbons (Fsp3) is 0.385. The minimum absolute atomic E-state index is 0.786.